The lowest BCUT2D eigenvalue weighted by atomic mass is 9.96. The molecule has 1 aromatic heterocycles. The molecule has 2 aromatic rings. The number of nitrogens with zero attached hydrogens (tertiary/aromatic N) is 3. The Labute approximate surface area is 140 Å². The van der Waals surface area contributed by atoms with Crippen molar-refractivity contribution in [2.75, 3.05) is 13.1 Å². The van der Waals surface area contributed by atoms with Crippen LogP contribution in [0.25, 0.3) is 11.5 Å². The minimum Gasteiger partial charge on any atom is -0.419 e. The van der Waals surface area contributed by atoms with E-state index in [0.29, 0.717) is 37.7 Å². The van der Waals surface area contributed by atoms with Gasteiger partial charge in [0.2, 0.25) is 23.6 Å². The highest BCUT2D eigenvalue weighted by Gasteiger charge is 2.26. The molecule has 7 heteroatoms. The zero-order valence-corrected chi connectivity index (χ0v) is 13.6. The van der Waals surface area contributed by atoms with Gasteiger partial charge in [-0.05, 0) is 25.0 Å². The molecule has 0 radical (unpaired) electrons. The van der Waals surface area contributed by atoms with E-state index in [1.54, 1.807) is 11.8 Å². The van der Waals surface area contributed by atoms with Crippen molar-refractivity contribution >= 4 is 11.8 Å². The van der Waals surface area contributed by atoms with Gasteiger partial charge in [-0.1, -0.05) is 18.2 Å². The molecule has 0 saturated carbocycles. The molecule has 2 amide bonds. The number of rotatable bonds is 4. The van der Waals surface area contributed by atoms with Crippen LogP contribution in [0.5, 0.6) is 0 Å². The zero-order chi connectivity index (χ0) is 16.9. The molecule has 1 aliphatic rings. The van der Waals surface area contributed by atoms with Gasteiger partial charge in [0, 0.05) is 31.5 Å². The van der Waals surface area contributed by atoms with E-state index >= 15 is 0 Å². The molecule has 0 spiro atoms. The standard InChI is InChI=1S/C17H20N4O3/c1-12(22)21-9-7-13(8-10-21)16(23)18-11-15-19-20-17(24-15)14-5-3-2-4-6-14/h2-6,13H,7-11H2,1H3,(H,18,23). The molecular weight excluding hydrogens is 308 g/mol. The number of carbonyl (C=O) groups excluding carboxylic acids is 2. The first-order valence-electron chi connectivity index (χ1n) is 8.04. The van der Waals surface area contributed by atoms with Crippen molar-refractivity contribution in [2.24, 2.45) is 5.92 Å². The predicted molar refractivity (Wildman–Crippen MR) is 86.6 cm³/mol. The molecule has 0 unspecified atom stereocenters. The number of hydrogen-bond donors (Lipinski definition) is 1. The smallest absolute Gasteiger partial charge is 0.247 e. The molecule has 1 saturated heterocycles. The molecule has 0 bridgehead atoms. The summed E-state index contributed by atoms with van der Waals surface area (Å²) in [5.74, 6) is 0.779. The van der Waals surface area contributed by atoms with Crippen LogP contribution < -0.4 is 5.32 Å². The lowest BCUT2D eigenvalue weighted by Crippen LogP contribution is -2.42. The Balaban J connectivity index is 1.50. The Morgan fingerprint density at radius 1 is 1.21 bits per heavy atom. The van der Waals surface area contributed by atoms with Crippen LogP contribution in [-0.4, -0.2) is 40.0 Å². The van der Waals surface area contributed by atoms with Crippen LogP contribution in [0, 0.1) is 5.92 Å². The minimum atomic E-state index is -0.0721. The van der Waals surface area contributed by atoms with Gasteiger partial charge >= 0.3 is 0 Å². The second kappa shape index (κ2) is 7.25. The predicted octanol–water partition coefficient (Wildman–Crippen LogP) is 1.61. The topological polar surface area (TPSA) is 88.3 Å². The highest BCUT2D eigenvalue weighted by Crippen LogP contribution is 2.19. The van der Waals surface area contributed by atoms with Crippen LogP contribution in [-0.2, 0) is 16.1 Å². The maximum Gasteiger partial charge on any atom is 0.247 e. The fourth-order valence-corrected chi connectivity index (χ4v) is 2.79. The first-order chi connectivity index (χ1) is 11.6. The molecule has 7 nitrogen and oxygen atoms in total. The molecule has 126 valence electrons. The third-order valence-corrected chi connectivity index (χ3v) is 4.21. The third-order valence-electron chi connectivity index (χ3n) is 4.21. The van der Waals surface area contributed by atoms with Gasteiger partial charge in [0.1, 0.15) is 0 Å². The highest BCUT2D eigenvalue weighted by atomic mass is 16.4. The lowest BCUT2D eigenvalue weighted by Gasteiger charge is -2.30. The first kappa shape index (κ1) is 16.2. The van der Waals surface area contributed by atoms with E-state index in [1.807, 2.05) is 30.3 Å². The Morgan fingerprint density at radius 2 is 1.92 bits per heavy atom. The second-order valence-electron chi connectivity index (χ2n) is 5.87. The molecule has 1 aromatic carbocycles. The highest BCUT2D eigenvalue weighted by molar-refractivity contribution is 5.79. The maximum absolute atomic E-state index is 12.2. The van der Waals surface area contributed by atoms with Gasteiger partial charge in [-0.25, -0.2) is 0 Å². The van der Waals surface area contributed by atoms with Gasteiger partial charge in [0.25, 0.3) is 0 Å². The monoisotopic (exact) mass is 328 g/mol. The summed E-state index contributed by atoms with van der Waals surface area (Å²) in [7, 11) is 0. The normalized spacial score (nSPS) is 15.3. The Hall–Kier alpha value is -2.70. The summed E-state index contributed by atoms with van der Waals surface area (Å²) in [6.07, 6.45) is 1.37. The van der Waals surface area contributed by atoms with E-state index in [0.717, 1.165) is 5.56 Å². The lowest BCUT2D eigenvalue weighted by molar-refractivity contribution is -0.134. The number of piperidine rings is 1. The maximum atomic E-state index is 12.2. The van der Waals surface area contributed by atoms with Crippen molar-refractivity contribution in [1.29, 1.82) is 0 Å². The van der Waals surface area contributed by atoms with Crippen molar-refractivity contribution in [3.63, 3.8) is 0 Å². The number of hydrogen-bond acceptors (Lipinski definition) is 5. The van der Waals surface area contributed by atoms with E-state index in [2.05, 4.69) is 15.5 Å². The van der Waals surface area contributed by atoms with Crippen LogP contribution in [0.4, 0.5) is 0 Å². The molecule has 1 fully saturated rings. The Bertz CT molecular complexity index is 706. The van der Waals surface area contributed by atoms with Crippen LogP contribution >= 0.6 is 0 Å². The summed E-state index contributed by atoms with van der Waals surface area (Å²) in [4.78, 5) is 25.3. The summed E-state index contributed by atoms with van der Waals surface area (Å²) in [6, 6.07) is 9.48. The summed E-state index contributed by atoms with van der Waals surface area (Å²) < 4.78 is 5.57. The van der Waals surface area contributed by atoms with Crippen LogP contribution in [0.15, 0.2) is 34.7 Å². The minimum absolute atomic E-state index is 0.0299. The van der Waals surface area contributed by atoms with Crippen molar-refractivity contribution in [3.8, 4) is 11.5 Å². The van der Waals surface area contributed by atoms with E-state index in [4.69, 9.17) is 4.42 Å². The fraction of sp³-hybridized carbons (Fsp3) is 0.412. The Morgan fingerprint density at radius 3 is 2.58 bits per heavy atom. The number of nitrogens with one attached hydrogen (secondary N) is 1. The average molecular weight is 328 g/mol. The van der Waals surface area contributed by atoms with Crippen LogP contribution in [0.3, 0.4) is 0 Å². The molecule has 2 heterocycles. The summed E-state index contributed by atoms with van der Waals surface area (Å²) in [6.45, 7) is 3.03. The second-order valence-corrected chi connectivity index (χ2v) is 5.87. The molecule has 0 atom stereocenters. The first-order valence-corrected chi connectivity index (χ1v) is 8.04. The van der Waals surface area contributed by atoms with Crippen LogP contribution in [0.1, 0.15) is 25.7 Å². The van der Waals surface area contributed by atoms with Crippen molar-refractivity contribution < 1.29 is 14.0 Å². The van der Waals surface area contributed by atoms with Gasteiger partial charge in [-0.15, -0.1) is 10.2 Å². The molecular formula is C17H20N4O3. The van der Waals surface area contributed by atoms with Gasteiger partial charge in [0.05, 0.1) is 6.54 Å². The van der Waals surface area contributed by atoms with Gasteiger partial charge in [-0.3, -0.25) is 9.59 Å². The quantitative estimate of drug-likeness (QED) is 0.921. The Kier molecular flexibility index (Phi) is 4.88. The van der Waals surface area contributed by atoms with Crippen molar-refractivity contribution in [3.05, 3.63) is 36.2 Å². The van der Waals surface area contributed by atoms with Gasteiger partial charge < -0.3 is 14.6 Å². The van der Waals surface area contributed by atoms with Crippen LogP contribution in [0.2, 0.25) is 0 Å². The van der Waals surface area contributed by atoms with Gasteiger partial charge in [0.15, 0.2) is 0 Å². The summed E-state index contributed by atoms with van der Waals surface area (Å²) >= 11 is 0. The molecule has 24 heavy (non-hydrogen) atoms. The number of amides is 2. The van der Waals surface area contributed by atoms with E-state index < -0.39 is 0 Å². The number of carbonyl (C=O) groups is 2. The fourth-order valence-electron chi connectivity index (χ4n) is 2.79. The number of likely N-dealkylation sites (tertiary alicyclic amines) is 1. The molecule has 0 aliphatic carbocycles. The molecule has 1 N–H and O–H groups in total. The number of benzene rings is 1. The SMILES string of the molecule is CC(=O)N1CCC(C(=O)NCc2nnc(-c3ccccc3)o2)CC1. The van der Waals surface area contributed by atoms with E-state index in [-0.39, 0.29) is 24.3 Å². The molecule has 1 aliphatic heterocycles. The third kappa shape index (κ3) is 3.79. The number of aromatic nitrogens is 2. The largest absolute Gasteiger partial charge is 0.419 e. The van der Waals surface area contributed by atoms with E-state index in [1.165, 1.54) is 0 Å². The van der Waals surface area contributed by atoms with E-state index in [9.17, 15) is 9.59 Å². The average Bonchev–Trinajstić information content (AvgIpc) is 3.09. The van der Waals surface area contributed by atoms with Gasteiger partial charge in [-0.2, -0.15) is 0 Å². The van der Waals surface area contributed by atoms with Crippen molar-refractivity contribution in [1.82, 2.24) is 20.4 Å². The summed E-state index contributed by atoms with van der Waals surface area (Å²) in [5, 5.41) is 10.8. The summed E-state index contributed by atoms with van der Waals surface area (Å²) in [5.41, 5.74) is 0.846. The zero-order valence-electron chi connectivity index (χ0n) is 13.6. The molecule has 3 rings (SSSR count). The van der Waals surface area contributed by atoms with Crippen molar-refractivity contribution in [2.45, 2.75) is 26.3 Å².